The normalized spacial score (nSPS) is 29.8. The number of aliphatic hydroxyl groups excluding tert-OH is 1. The lowest BCUT2D eigenvalue weighted by Gasteiger charge is -2.42. The Bertz CT molecular complexity index is 524. The molecule has 4 atom stereocenters. The quantitative estimate of drug-likeness (QED) is 0.497. The van der Waals surface area contributed by atoms with Gasteiger partial charge in [0.1, 0.15) is 18.9 Å². The van der Waals surface area contributed by atoms with E-state index in [-0.39, 0.29) is 18.3 Å². The molecule has 0 radical (unpaired) electrons. The number of hydrogen-bond acceptors (Lipinski definition) is 2. The van der Waals surface area contributed by atoms with E-state index in [2.05, 4.69) is 20.5 Å². The summed E-state index contributed by atoms with van der Waals surface area (Å²) in [6.07, 6.45) is 7.42. The topological polar surface area (TPSA) is 37.3 Å². The molecule has 3 nitrogen and oxygen atoms in total. The molecule has 2 fully saturated rings. The van der Waals surface area contributed by atoms with E-state index in [4.69, 9.17) is 0 Å². The van der Waals surface area contributed by atoms with Crippen LogP contribution < -0.4 is 0 Å². The van der Waals surface area contributed by atoms with Crippen LogP contribution in [0.1, 0.15) is 42.5 Å². The maximum Gasteiger partial charge on any atom is 0.221 e. The Labute approximate surface area is 139 Å². The SMILES string of the molecule is C[N+]1(C)C2[CH+]CC1CC(C(CCCO)C(=O)c1ccccc1)C2. The second-order valence-corrected chi connectivity index (χ2v) is 7.76. The average molecular weight is 315 g/mol. The number of carbonyl (C=O) groups is 1. The molecule has 2 saturated heterocycles. The van der Waals surface area contributed by atoms with Gasteiger partial charge in [0.25, 0.3) is 0 Å². The molecule has 124 valence electrons. The molecule has 0 aromatic heterocycles. The second-order valence-electron chi connectivity index (χ2n) is 7.76. The summed E-state index contributed by atoms with van der Waals surface area (Å²) in [5, 5.41) is 9.24. The molecule has 3 heteroatoms. The summed E-state index contributed by atoms with van der Waals surface area (Å²) < 4.78 is 1.09. The molecule has 1 aromatic carbocycles. The van der Waals surface area contributed by atoms with E-state index in [0.29, 0.717) is 18.0 Å². The largest absolute Gasteiger partial charge is 0.396 e. The first-order valence-corrected chi connectivity index (χ1v) is 8.90. The third-order valence-corrected chi connectivity index (χ3v) is 6.23. The molecule has 4 unspecified atom stereocenters. The summed E-state index contributed by atoms with van der Waals surface area (Å²) in [6, 6.07) is 10.9. The standard InChI is InChI=1S/C20H29NO2/c1-21(2)17-10-11-18(21)14-16(13-17)19(9-6-12-22)20(23)15-7-4-3-5-8-15/h3-5,7-8,10,16-19,22H,6,9,11-14H2,1-2H3/q+2. The maximum absolute atomic E-state index is 13.0. The highest BCUT2D eigenvalue weighted by molar-refractivity contribution is 5.98. The van der Waals surface area contributed by atoms with E-state index >= 15 is 0 Å². The lowest BCUT2D eigenvalue weighted by Crippen LogP contribution is -2.55. The Balaban J connectivity index is 1.79. The minimum Gasteiger partial charge on any atom is -0.396 e. The molecular weight excluding hydrogens is 286 g/mol. The van der Waals surface area contributed by atoms with Crippen molar-refractivity contribution in [3.63, 3.8) is 0 Å². The molecule has 1 N–H and O–H groups in total. The van der Waals surface area contributed by atoms with Gasteiger partial charge in [0.05, 0.1) is 14.1 Å². The van der Waals surface area contributed by atoms with Gasteiger partial charge in [0, 0.05) is 30.9 Å². The predicted molar refractivity (Wildman–Crippen MR) is 91.9 cm³/mol. The van der Waals surface area contributed by atoms with Crippen molar-refractivity contribution < 1.29 is 14.4 Å². The molecule has 23 heavy (non-hydrogen) atoms. The van der Waals surface area contributed by atoms with Crippen molar-refractivity contribution in [1.82, 2.24) is 0 Å². The van der Waals surface area contributed by atoms with E-state index in [1.54, 1.807) is 0 Å². The number of piperidine rings is 1. The summed E-state index contributed by atoms with van der Waals surface area (Å²) in [7, 11) is 4.66. The van der Waals surface area contributed by atoms with Crippen LogP contribution >= 0.6 is 0 Å². The van der Waals surface area contributed by atoms with Gasteiger partial charge in [-0.2, -0.15) is 0 Å². The van der Waals surface area contributed by atoms with Crippen molar-refractivity contribution in [1.29, 1.82) is 0 Å². The Morgan fingerprint density at radius 1 is 1.30 bits per heavy atom. The van der Waals surface area contributed by atoms with Gasteiger partial charge >= 0.3 is 0 Å². The van der Waals surface area contributed by atoms with Crippen LogP contribution in [0.15, 0.2) is 30.3 Å². The highest BCUT2D eigenvalue weighted by Gasteiger charge is 2.56. The molecular formula is C20H29NO2+2. The summed E-state index contributed by atoms with van der Waals surface area (Å²) in [6.45, 7) is 0.172. The fraction of sp³-hybridized carbons (Fsp3) is 0.600. The Kier molecular flexibility index (Phi) is 4.79. The Hall–Kier alpha value is -1.32. The van der Waals surface area contributed by atoms with Gasteiger partial charge in [0.2, 0.25) is 6.04 Å². The van der Waals surface area contributed by atoms with Crippen LogP contribution in [0.4, 0.5) is 0 Å². The van der Waals surface area contributed by atoms with Crippen LogP contribution in [-0.4, -0.2) is 48.2 Å². The Morgan fingerprint density at radius 2 is 2.04 bits per heavy atom. The molecule has 0 aliphatic carbocycles. The number of benzene rings is 1. The smallest absolute Gasteiger partial charge is 0.221 e. The van der Waals surface area contributed by atoms with Crippen molar-refractivity contribution in [2.24, 2.45) is 11.8 Å². The summed E-state index contributed by atoms with van der Waals surface area (Å²) in [5.41, 5.74) is 0.825. The number of Topliss-reactive ketones (excluding diaryl/α,β-unsaturated/α-hetero) is 1. The molecule has 2 aliphatic rings. The highest BCUT2D eigenvalue weighted by Crippen LogP contribution is 2.45. The number of carbonyl (C=O) groups excluding carboxylic acids is 1. The molecule has 2 heterocycles. The van der Waals surface area contributed by atoms with Crippen molar-refractivity contribution in [3.05, 3.63) is 42.3 Å². The lowest BCUT2D eigenvalue weighted by atomic mass is 9.74. The van der Waals surface area contributed by atoms with Crippen molar-refractivity contribution in [3.8, 4) is 0 Å². The van der Waals surface area contributed by atoms with Gasteiger partial charge in [-0.15, -0.1) is 0 Å². The van der Waals surface area contributed by atoms with E-state index in [0.717, 1.165) is 35.7 Å². The Morgan fingerprint density at radius 3 is 2.70 bits per heavy atom. The van der Waals surface area contributed by atoms with Gasteiger partial charge in [-0.3, -0.25) is 9.28 Å². The fourth-order valence-corrected chi connectivity index (χ4v) is 4.66. The second kappa shape index (κ2) is 6.66. The van der Waals surface area contributed by atoms with Gasteiger partial charge in [-0.25, -0.2) is 0 Å². The molecule has 3 rings (SSSR count). The summed E-state index contributed by atoms with van der Waals surface area (Å²) >= 11 is 0. The number of ketones is 1. The number of aliphatic hydroxyl groups is 1. The summed E-state index contributed by atoms with van der Waals surface area (Å²) in [5.74, 6) is 0.783. The third-order valence-electron chi connectivity index (χ3n) is 6.23. The number of quaternary nitrogens is 1. The average Bonchev–Trinajstić information content (AvgIpc) is 2.74. The minimum absolute atomic E-state index is 0.0568. The van der Waals surface area contributed by atoms with E-state index in [1.807, 2.05) is 30.3 Å². The van der Waals surface area contributed by atoms with Gasteiger partial charge < -0.3 is 5.11 Å². The molecule has 0 spiro atoms. The number of hydrogen-bond donors (Lipinski definition) is 1. The van der Waals surface area contributed by atoms with Crippen molar-refractivity contribution in [2.45, 2.75) is 44.2 Å². The van der Waals surface area contributed by atoms with Gasteiger partial charge in [-0.05, 0) is 18.8 Å². The van der Waals surface area contributed by atoms with Gasteiger partial charge in [0.15, 0.2) is 5.78 Å². The maximum atomic E-state index is 13.0. The number of rotatable bonds is 6. The van der Waals surface area contributed by atoms with Crippen LogP contribution in [-0.2, 0) is 0 Å². The molecule has 0 saturated carbocycles. The zero-order valence-electron chi connectivity index (χ0n) is 14.3. The van der Waals surface area contributed by atoms with E-state index in [9.17, 15) is 9.90 Å². The molecule has 1 aromatic rings. The predicted octanol–water partition coefficient (Wildman–Crippen LogP) is 3.09. The van der Waals surface area contributed by atoms with E-state index in [1.165, 1.54) is 6.42 Å². The first-order valence-electron chi connectivity index (χ1n) is 8.90. The van der Waals surface area contributed by atoms with Crippen molar-refractivity contribution in [2.75, 3.05) is 20.7 Å². The fourth-order valence-electron chi connectivity index (χ4n) is 4.66. The first kappa shape index (κ1) is 16.5. The zero-order chi connectivity index (χ0) is 16.4. The minimum atomic E-state index is 0.0568. The number of fused-ring (bicyclic) bond motifs is 2. The van der Waals surface area contributed by atoms with Crippen LogP contribution in [0.2, 0.25) is 0 Å². The molecule has 2 aliphatic heterocycles. The highest BCUT2D eigenvalue weighted by atomic mass is 16.3. The number of nitrogens with zero attached hydrogens (tertiary/aromatic N) is 1. The van der Waals surface area contributed by atoms with Crippen molar-refractivity contribution >= 4 is 5.78 Å². The first-order chi connectivity index (χ1) is 11.0. The monoisotopic (exact) mass is 315 g/mol. The zero-order valence-corrected chi connectivity index (χ0v) is 14.3. The van der Waals surface area contributed by atoms with Crippen LogP contribution in [0.3, 0.4) is 0 Å². The van der Waals surface area contributed by atoms with Crippen LogP contribution in [0.25, 0.3) is 0 Å². The van der Waals surface area contributed by atoms with Crippen LogP contribution in [0, 0.1) is 18.3 Å². The van der Waals surface area contributed by atoms with Gasteiger partial charge in [-0.1, -0.05) is 30.3 Å². The lowest BCUT2D eigenvalue weighted by molar-refractivity contribution is -0.929. The molecule has 2 bridgehead atoms. The summed E-state index contributed by atoms with van der Waals surface area (Å²) in [4.78, 5) is 13.0. The third kappa shape index (κ3) is 3.17. The molecule has 0 amide bonds. The van der Waals surface area contributed by atoms with Crippen LogP contribution in [0.5, 0.6) is 0 Å². The van der Waals surface area contributed by atoms with E-state index < -0.39 is 0 Å².